The minimum atomic E-state index is -3.47. The van der Waals surface area contributed by atoms with E-state index in [1.54, 1.807) is 31.4 Å². The van der Waals surface area contributed by atoms with Crippen molar-refractivity contribution in [2.45, 2.75) is 18.9 Å². The predicted octanol–water partition coefficient (Wildman–Crippen LogP) is 3.83. The highest BCUT2D eigenvalue weighted by atomic mass is 35.5. The molecule has 0 aliphatic carbocycles. The number of halogens is 1. The Morgan fingerprint density at radius 3 is 2.43 bits per heavy atom. The maximum Gasteiger partial charge on any atom is 0.232 e. The van der Waals surface area contributed by atoms with Gasteiger partial charge in [0.2, 0.25) is 16.0 Å². The van der Waals surface area contributed by atoms with Crippen molar-refractivity contribution in [2.24, 2.45) is 5.92 Å². The number of ether oxygens (including phenoxy) is 1. The van der Waals surface area contributed by atoms with Gasteiger partial charge in [0, 0.05) is 83.7 Å². The summed E-state index contributed by atoms with van der Waals surface area (Å²) in [5.74, 6) is 2.18. The molecule has 1 aromatic heterocycles. The number of anilines is 6. The molecule has 4 heterocycles. The minimum Gasteiger partial charge on any atom is -0.494 e. The van der Waals surface area contributed by atoms with Gasteiger partial charge in [-0.15, -0.1) is 0 Å². The highest BCUT2D eigenvalue weighted by Gasteiger charge is 2.29. The van der Waals surface area contributed by atoms with Crippen molar-refractivity contribution in [3.63, 3.8) is 0 Å². The molecule has 3 N–H and O–H groups in total. The summed E-state index contributed by atoms with van der Waals surface area (Å²) in [5.41, 5.74) is 2.86. The summed E-state index contributed by atoms with van der Waals surface area (Å²) in [4.78, 5) is 16.7. The molecule has 0 spiro atoms. The monoisotopic (exact) mass is 669 g/mol. The Morgan fingerprint density at radius 1 is 1.02 bits per heavy atom. The van der Waals surface area contributed by atoms with E-state index < -0.39 is 10.0 Å². The lowest BCUT2D eigenvalue weighted by Gasteiger charge is -2.44. The molecule has 12 nitrogen and oxygen atoms in total. The van der Waals surface area contributed by atoms with Crippen LogP contribution in [0.2, 0.25) is 5.02 Å². The number of rotatable bonds is 11. The fraction of sp³-hybridized carbons (Fsp3) is 0.500. The predicted molar refractivity (Wildman–Crippen MR) is 186 cm³/mol. The van der Waals surface area contributed by atoms with E-state index >= 15 is 0 Å². The van der Waals surface area contributed by atoms with Crippen LogP contribution >= 0.6 is 11.6 Å². The molecule has 3 aliphatic heterocycles. The number of nitrogens with zero attached hydrogens (tertiary/aromatic N) is 6. The molecule has 3 aliphatic rings. The Balaban J connectivity index is 1.07. The number of benzene rings is 2. The van der Waals surface area contributed by atoms with Crippen LogP contribution in [-0.4, -0.2) is 114 Å². The van der Waals surface area contributed by atoms with E-state index in [2.05, 4.69) is 52.8 Å². The summed E-state index contributed by atoms with van der Waals surface area (Å²) in [6.45, 7) is 10.3. The number of nitrogens with one attached hydrogen (secondary N) is 3. The van der Waals surface area contributed by atoms with Gasteiger partial charge in [0.05, 0.1) is 36.6 Å². The van der Waals surface area contributed by atoms with Crippen LogP contribution in [0.3, 0.4) is 0 Å². The van der Waals surface area contributed by atoms with E-state index in [0.29, 0.717) is 40.0 Å². The van der Waals surface area contributed by atoms with Crippen LogP contribution in [-0.2, 0) is 10.0 Å². The van der Waals surface area contributed by atoms with Crippen LogP contribution in [0.1, 0.15) is 12.8 Å². The van der Waals surface area contributed by atoms with Gasteiger partial charge in [-0.05, 0) is 43.0 Å². The molecule has 0 saturated carbocycles. The van der Waals surface area contributed by atoms with Crippen molar-refractivity contribution in [3.8, 4) is 5.75 Å². The van der Waals surface area contributed by atoms with Gasteiger partial charge in [-0.1, -0.05) is 23.7 Å². The third-order valence-electron chi connectivity index (χ3n) is 9.30. The zero-order valence-corrected chi connectivity index (χ0v) is 28.3. The van der Waals surface area contributed by atoms with E-state index in [1.807, 2.05) is 6.07 Å². The average Bonchev–Trinajstić information content (AvgIpc) is 3.04. The minimum absolute atomic E-state index is 0.293. The summed E-state index contributed by atoms with van der Waals surface area (Å²) >= 11 is 6.44. The second kappa shape index (κ2) is 14.2. The highest BCUT2D eigenvalue weighted by molar-refractivity contribution is 7.92. The molecule has 0 bridgehead atoms. The van der Waals surface area contributed by atoms with Crippen molar-refractivity contribution in [1.82, 2.24) is 25.1 Å². The molecule has 3 aromatic rings. The van der Waals surface area contributed by atoms with Crippen molar-refractivity contribution in [1.29, 1.82) is 0 Å². The molecule has 3 saturated heterocycles. The fourth-order valence-electron chi connectivity index (χ4n) is 6.42. The number of sulfonamides is 1. The first-order valence-corrected chi connectivity index (χ1v) is 18.1. The normalized spacial score (nSPS) is 18.7. The summed E-state index contributed by atoms with van der Waals surface area (Å²) in [6, 6.07) is 13.8. The first-order chi connectivity index (χ1) is 22.2. The first kappa shape index (κ1) is 32.6. The molecule has 0 atom stereocenters. The second-order valence-corrected chi connectivity index (χ2v) is 14.8. The van der Waals surface area contributed by atoms with E-state index in [0.717, 1.165) is 49.5 Å². The number of hydrogen-bond donors (Lipinski definition) is 3. The lowest BCUT2D eigenvalue weighted by Crippen LogP contribution is -2.56. The van der Waals surface area contributed by atoms with Gasteiger partial charge in [0.25, 0.3) is 0 Å². The third kappa shape index (κ3) is 7.60. The molecular formula is C32H44ClN9O3S. The van der Waals surface area contributed by atoms with Gasteiger partial charge in [0.1, 0.15) is 10.8 Å². The molecule has 0 unspecified atom stereocenters. The maximum absolute atomic E-state index is 12.2. The third-order valence-corrected chi connectivity index (χ3v) is 10.8. The van der Waals surface area contributed by atoms with Crippen molar-refractivity contribution >= 4 is 56.1 Å². The van der Waals surface area contributed by atoms with E-state index in [9.17, 15) is 8.42 Å². The number of piperazine rings is 1. The van der Waals surface area contributed by atoms with E-state index in [4.69, 9.17) is 16.3 Å². The maximum atomic E-state index is 12.2. The van der Waals surface area contributed by atoms with Crippen LogP contribution < -0.4 is 29.9 Å². The summed E-state index contributed by atoms with van der Waals surface area (Å²) in [7, 11) is -0.315. The number of aromatic nitrogens is 2. The Bertz CT molecular complexity index is 1610. The summed E-state index contributed by atoms with van der Waals surface area (Å²) in [5, 5.41) is 10.1. The van der Waals surface area contributed by atoms with Gasteiger partial charge in [-0.25, -0.2) is 13.4 Å². The zero-order valence-electron chi connectivity index (χ0n) is 26.7. The Labute approximate surface area is 277 Å². The Kier molecular flexibility index (Phi) is 10.0. The second-order valence-electron chi connectivity index (χ2n) is 12.4. The summed E-state index contributed by atoms with van der Waals surface area (Å²) < 4.78 is 31.4. The van der Waals surface area contributed by atoms with Crippen molar-refractivity contribution in [3.05, 3.63) is 53.7 Å². The van der Waals surface area contributed by atoms with Crippen LogP contribution in [0, 0.1) is 5.92 Å². The smallest absolute Gasteiger partial charge is 0.232 e. The molecule has 248 valence electrons. The van der Waals surface area contributed by atoms with Gasteiger partial charge < -0.3 is 30.5 Å². The lowest BCUT2D eigenvalue weighted by molar-refractivity contribution is 0.0702. The molecule has 46 heavy (non-hydrogen) atoms. The number of para-hydroxylation sites is 2. The Morgan fingerprint density at radius 2 is 1.76 bits per heavy atom. The largest absolute Gasteiger partial charge is 0.494 e. The molecule has 3 fully saturated rings. The van der Waals surface area contributed by atoms with Crippen molar-refractivity contribution < 1.29 is 13.2 Å². The quantitative estimate of drug-likeness (QED) is 0.277. The molecule has 6 rings (SSSR count). The number of methoxy groups -OCH3 is 1. The molecular weight excluding hydrogens is 626 g/mol. The van der Waals surface area contributed by atoms with Gasteiger partial charge in [-0.2, -0.15) is 4.98 Å². The van der Waals surface area contributed by atoms with Gasteiger partial charge >= 0.3 is 0 Å². The van der Waals surface area contributed by atoms with Crippen LogP contribution in [0.25, 0.3) is 0 Å². The highest BCUT2D eigenvalue weighted by Crippen LogP contribution is 2.35. The molecule has 0 radical (unpaired) electrons. The lowest BCUT2D eigenvalue weighted by atomic mass is 10.00. The topological polar surface area (TPSA) is 118 Å². The molecule has 0 amide bonds. The van der Waals surface area contributed by atoms with Crippen LogP contribution in [0.5, 0.6) is 5.75 Å². The van der Waals surface area contributed by atoms with Crippen LogP contribution in [0.4, 0.5) is 34.5 Å². The SMILES string of the molecule is COc1cc(N2CCC(N3CCN(CC4CNC4)CC3)CC2)ccc1Nc1ncc(Cl)c(Nc2ccccc2N(C)S(C)(=O)=O)n1. The fourth-order valence-corrected chi connectivity index (χ4v) is 7.07. The summed E-state index contributed by atoms with van der Waals surface area (Å²) in [6.07, 6.45) is 4.97. The molecule has 14 heteroatoms. The number of piperidine rings is 1. The van der Waals surface area contributed by atoms with Gasteiger partial charge in [0.15, 0.2) is 5.82 Å². The van der Waals surface area contributed by atoms with Gasteiger partial charge in [-0.3, -0.25) is 9.21 Å². The molecule has 2 aromatic carbocycles. The zero-order chi connectivity index (χ0) is 32.3. The van der Waals surface area contributed by atoms with Crippen molar-refractivity contribution in [2.75, 3.05) is 99.2 Å². The van der Waals surface area contributed by atoms with Crippen LogP contribution in [0.15, 0.2) is 48.7 Å². The average molecular weight is 670 g/mol. The standard InChI is InChI=1S/C32H44ClN9O3S/c1-39(46(3,43)44)29-7-5-4-6-27(29)36-31-26(33)21-35-32(38-31)37-28-9-8-25(18-30(28)45-2)41-12-10-24(11-13-41)42-16-14-40(15-17-42)22-23-19-34-20-23/h4-9,18,21,23-24,34H,10-17,19-20,22H2,1-3H3,(H2,35,36,37,38). The number of hydrogen-bond acceptors (Lipinski definition) is 11. The Hall–Kier alpha value is -3.36. The van der Waals surface area contributed by atoms with E-state index in [1.165, 1.54) is 63.4 Å². The van der Waals surface area contributed by atoms with E-state index in [-0.39, 0.29) is 0 Å². The first-order valence-electron chi connectivity index (χ1n) is 15.9.